The summed E-state index contributed by atoms with van der Waals surface area (Å²) in [5.74, 6) is 0. The SMILES string of the molecule is CCc1ccc(S(=O)(=O)Nc2ccc(N3CCOC3=O)cc2)cc1. The summed E-state index contributed by atoms with van der Waals surface area (Å²) >= 11 is 0. The molecule has 1 aliphatic rings. The van der Waals surface area contributed by atoms with E-state index in [0.717, 1.165) is 12.0 Å². The van der Waals surface area contributed by atoms with Gasteiger partial charge in [-0.05, 0) is 48.4 Å². The molecule has 2 aromatic rings. The maximum Gasteiger partial charge on any atom is 0.414 e. The first-order valence-electron chi connectivity index (χ1n) is 7.66. The minimum absolute atomic E-state index is 0.215. The molecule has 1 amide bonds. The van der Waals surface area contributed by atoms with Crippen LogP contribution in [0.3, 0.4) is 0 Å². The lowest BCUT2D eigenvalue weighted by molar-refractivity contribution is 0.181. The number of nitrogens with zero attached hydrogens (tertiary/aromatic N) is 1. The van der Waals surface area contributed by atoms with E-state index in [2.05, 4.69) is 4.72 Å². The Labute approximate surface area is 141 Å². The second kappa shape index (κ2) is 6.52. The third kappa shape index (κ3) is 3.35. The van der Waals surface area contributed by atoms with Gasteiger partial charge in [0.25, 0.3) is 10.0 Å². The van der Waals surface area contributed by atoms with Gasteiger partial charge in [0, 0.05) is 11.4 Å². The molecule has 1 fully saturated rings. The number of benzene rings is 2. The highest BCUT2D eigenvalue weighted by Crippen LogP contribution is 2.23. The number of carbonyl (C=O) groups is 1. The highest BCUT2D eigenvalue weighted by atomic mass is 32.2. The van der Waals surface area contributed by atoms with E-state index in [1.807, 2.05) is 6.92 Å². The number of aryl methyl sites for hydroxylation is 1. The molecule has 1 aliphatic heterocycles. The fourth-order valence-electron chi connectivity index (χ4n) is 2.46. The Bertz CT molecular complexity index is 830. The van der Waals surface area contributed by atoms with Crippen molar-refractivity contribution in [2.24, 2.45) is 0 Å². The van der Waals surface area contributed by atoms with Crippen molar-refractivity contribution in [3.05, 3.63) is 54.1 Å². The molecular weight excluding hydrogens is 328 g/mol. The smallest absolute Gasteiger partial charge is 0.414 e. The Balaban J connectivity index is 1.75. The number of sulfonamides is 1. The van der Waals surface area contributed by atoms with Crippen molar-refractivity contribution < 1.29 is 17.9 Å². The number of hydrogen-bond donors (Lipinski definition) is 1. The van der Waals surface area contributed by atoms with Crippen LogP contribution in [0.4, 0.5) is 16.2 Å². The molecule has 1 saturated heterocycles. The van der Waals surface area contributed by atoms with Crippen LogP contribution in [-0.2, 0) is 21.2 Å². The molecule has 0 spiro atoms. The molecule has 2 aromatic carbocycles. The predicted molar refractivity (Wildman–Crippen MR) is 91.8 cm³/mol. The molecule has 0 bridgehead atoms. The summed E-state index contributed by atoms with van der Waals surface area (Å²) in [6.45, 7) is 2.87. The quantitative estimate of drug-likeness (QED) is 0.903. The van der Waals surface area contributed by atoms with Crippen LogP contribution in [-0.4, -0.2) is 27.7 Å². The molecule has 1 N–H and O–H groups in total. The number of carbonyl (C=O) groups excluding carboxylic acids is 1. The van der Waals surface area contributed by atoms with E-state index < -0.39 is 10.0 Å². The monoisotopic (exact) mass is 346 g/mol. The zero-order chi connectivity index (χ0) is 17.2. The van der Waals surface area contributed by atoms with E-state index in [0.29, 0.717) is 24.5 Å². The van der Waals surface area contributed by atoms with E-state index in [-0.39, 0.29) is 11.0 Å². The van der Waals surface area contributed by atoms with Crippen molar-refractivity contribution in [2.45, 2.75) is 18.2 Å². The number of hydrogen-bond acceptors (Lipinski definition) is 4. The summed E-state index contributed by atoms with van der Waals surface area (Å²) in [4.78, 5) is 13.2. The summed E-state index contributed by atoms with van der Waals surface area (Å²) in [5.41, 5.74) is 2.19. The van der Waals surface area contributed by atoms with Gasteiger partial charge in [-0.15, -0.1) is 0 Å². The first kappa shape index (κ1) is 16.3. The Kier molecular flexibility index (Phi) is 4.44. The molecule has 0 radical (unpaired) electrons. The topological polar surface area (TPSA) is 75.7 Å². The number of nitrogens with one attached hydrogen (secondary N) is 1. The van der Waals surface area contributed by atoms with Crippen LogP contribution < -0.4 is 9.62 Å². The lowest BCUT2D eigenvalue weighted by atomic mass is 10.2. The first-order chi connectivity index (χ1) is 11.5. The van der Waals surface area contributed by atoms with Crippen LogP contribution in [0.15, 0.2) is 53.4 Å². The second-order valence-corrected chi connectivity index (χ2v) is 7.10. The minimum Gasteiger partial charge on any atom is -0.447 e. The van der Waals surface area contributed by atoms with Crippen LogP contribution in [0.5, 0.6) is 0 Å². The van der Waals surface area contributed by atoms with Gasteiger partial charge in [0.1, 0.15) is 6.61 Å². The summed E-state index contributed by atoms with van der Waals surface area (Å²) in [6.07, 6.45) is 0.466. The summed E-state index contributed by atoms with van der Waals surface area (Å²) in [7, 11) is -3.64. The minimum atomic E-state index is -3.64. The molecule has 7 heteroatoms. The van der Waals surface area contributed by atoms with E-state index >= 15 is 0 Å². The molecule has 6 nitrogen and oxygen atoms in total. The third-order valence-electron chi connectivity index (χ3n) is 3.83. The Hall–Kier alpha value is -2.54. The van der Waals surface area contributed by atoms with Crippen molar-refractivity contribution in [3.63, 3.8) is 0 Å². The van der Waals surface area contributed by atoms with Crippen molar-refractivity contribution in [1.82, 2.24) is 0 Å². The average molecular weight is 346 g/mol. The summed E-state index contributed by atoms with van der Waals surface area (Å²) in [5, 5.41) is 0. The largest absolute Gasteiger partial charge is 0.447 e. The van der Waals surface area contributed by atoms with Crippen LogP contribution >= 0.6 is 0 Å². The van der Waals surface area contributed by atoms with Gasteiger partial charge in [0.2, 0.25) is 0 Å². The maximum atomic E-state index is 12.4. The lowest BCUT2D eigenvalue weighted by Gasteiger charge is -2.14. The number of cyclic esters (lactones) is 1. The molecule has 0 atom stereocenters. The van der Waals surface area contributed by atoms with Crippen LogP contribution in [0.2, 0.25) is 0 Å². The Morgan fingerprint density at radius 2 is 1.75 bits per heavy atom. The van der Waals surface area contributed by atoms with Gasteiger partial charge in [-0.2, -0.15) is 0 Å². The molecule has 3 rings (SSSR count). The number of rotatable bonds is 5. The number of anilines is 2. The molecule has 126 valence electrons. The lowest BCUT2D eigenvalue weighted by Crippen LogP contribution is -2.23. The number of ether oxygens (including phenoxy) is 1. The van der Waals surface area contributed by atoms with Crippen molar-refractivity contribution >= 4 is 27.5 Å². The van der Waals surface area contributed by atoms with E-state index in [4.69, 9.17) is 4.74 Å². The van der Waals surface area contributed by atoms with Crippen LogP contribution in [0.25, 0.3) is 0 Å². The fourth-order valence-corrected chi connectivity index (χ4v) is 3.51. The standard InChI is InChI=1S/C17H18N2O4S/c1-2-13-3-9-16(10-4-13)24(21,22)18-14-5-7-15(8-6-14)19-11-12-23-17(19)20/h3-10,18H,2,11-12H2,1H3. The van der Waals surface area contributed by atoms with Gasteiger partial charge >= 0.3 is 6.09 Å². The van der Waals surface area contributed by atoms with Gasteiger partial charge in [-0.3, -0.25) is 9.62 Å². The van der Waals surface area contributed by atoms with Gasteiger partial charge in [-0.25, -0.2) is 13.2 Å². The third-order valence-corrected chi connectivity index (χ3v) is 5.23. The zero-order valence-electron chi connectivity index (χ0n) is 13.2. The first-order valence-corrected chi connectivity index (χ1v) is 9.14. The van der Waals surface area contributed by atoms with E-state index in [1.165, 1.54) is 4.90 Å². The highest BCUT2D eigenvalue weighted by Gasteiger charge is 2.23. The molecule has 1 heterocycles. The molecular formula is C17H18N2O4S. The average Bonchev–Trinajstić information content (AvgIpc) is 3.01. The van der Waals surface area contributed by atoms with Gasteiger partial charge < -0.3 is 4.74 Å². The molecule has 0 aromatic heterocycles. The predicted octanol–water partition coefficient (Wildman–Crippen LogP) is 3.01. The van der Waals surface area contributed by atoms with Crippen molar-refractivity contribution in [1.29, 1.82) is 0 Å². The van der Waals surface area contributed by atoms with Gasteiger partial charge in [-0.1, -0.05) is 19.1 Å². The van der Waals surface area contributed by atoms with Crippen LogP contribution in [0.1, 0.15) is 12.5 Å². The Morgan fingerprint density at radius 1 is 1.08 bits per heavy atom. The fraction of sp³-hybridized carbons (Fsp3) is 0.235. The number of amides is 1. The molecule has 0 aliphatic carbocycles. The van der Waals surface area contributed by atoms with E-state index in [9.17, 15) is 13.2 Å². The van der Waals surface area contributed by atoms with E-state index in [1.54, 1.807) is 48.5 Å². The van der Waals surface area contributed by atoms with Crippen molar-refractivity contribution in [2.75, 3.05) is 22.8 Å². The summed E-state index contributed by atoms with van der Waals surface area (Å²) < 4.78 is 32.2. The van der Waals surface area contributed by atoms with Crippen LogP contribution in [0, 0.1) is 0 Å². The normalized spacial score (nSPS) is 14.5. The zero-order valence-corrected chi connectivity index (χ0v) is 14.0. The Morgan fingerprint density at radius 3 is 2.29 bits per heavy atom. The maximum absolute atomic E-state index is 12.4. The molecule has 0 unspecified atom stereocenters. The van der Waals surface area contributed by atoms with Crippen molar-refractivity contribution in [3.8, 4) is 0 Å². The van der Waals surface area contributed by atoms with Gasteiger partial charge in [0.05, 0.1) is 11.4 Å². The highest BCUT2D eigenvalue weighted by molar-refractivity contribution is 7.92. The second-order valence-electron chi connectivity index (χ2n) is 5.42. The molecule has 24 heavy (non-hydrogen) atoms. The molecule has 0 saturated carbocycles. The summed E-state index contributed by atoms with van der Waals surface area (Å²) in [6, 6.07) is 13.4. The van der Waals surface area contributed by atoms with Gasteiger partial charge in [0.15, 0.2) is 0 Å².